The first kappa shape index (κ1) is 26.7. The Hall–Kier alpha value is -3.88. The highest BCUT2D eigenvalue weighted by molar-refractivity contribution is 7.90. The summed E-state index contributed by atoms with van der Waals surface area (Å²) in [6.07, 6.45) is -8.58. The number of aromatic nitrogens is 2. The molecular formula is C21H15F6N3O5S. The van der Waals surface area contributed by atoms with E-state index in [9.17, 15) is 39.6 Å². The number of nitrogens with zero attached hydrogens (tertiary/aromatic N) is 2. The molecule has 2 aromatic carbocycles. The van der Waals surface area contributed by atoms with Crippen molar-refractivity contribution in [2.45, 2.75) is 17.2 Å². The first-order valence-electron chi connectivity index (χ1n) is 9.66. The van der Waals surface area contributed by atoms with Gasteiger partial charge >= 0.3 is 12.4 Å². The van der Waals surface area contributed by atoms with Crippen molar-refractivity contribution >= 4 is 21.4 Å². The SMILES string of the molecule is CS(=O)(=O)c1cccc(NC(=O)c2cc(C(F)(F)F)nnc2Oc2ccc(OCC(F)(F)F)cc2)c1. The zero-order valence-electron chi connectivity index (χ0n) is 18.0. The number of anilines is 1. The van der Waals surface area contributed by atoms with Gasteiger partial charge in [-0.2, -0.15) is 26.3 Å². The van der Waals surface area contributed by atoms with Crippen LogP contribution in [0.25, 0.3) is 0 Å². The fraction of sp³-hybridized carbons (Fsp3) is 0.190. The van der Waals surface area contributed by atoms with Crippen LogP contribution in [0.5, 0.6) is 17.4 Å². The quantitative estimate of drug-likeness (QED) is 0.430. The maximum atomic E-state index is 13.2. The molecule has 0 aliphatic rings. The molecular weight excluding hydrogens is 520 g/mol. The Bertz CT molecular complexity index is 1360. The summed E-state index contributed by atoms with van der Waals surface area (Å²) < 4.78 is 110. The van der Waals surface area contributed by atoms with E-state index in [1.807, 2.05) is 0 Å². The van der Waals surface area contributed by atoms with Gasteiger partial charge in [-0.05, 0) is 48.5 Å². The van der Waals surface area contributed by atoms with Crippen molar-refractivity contribution < 1.29 is 49.0 Å². The molecule has 15 heteroatoms. The van der Waals surface area contributed by atoms with Gasteiger partial charge in [0.2, 0.25) is 0 Å². The summed E-state index contributed by atoms with van der Waals surface area (Å²) >= 11 is 0. The Kier molecular flexibility index (Phi) is 7.43. The zero-order valence-corrected chi connectivity index (χ0v) is 18.8. The van der Waals surface area contributed by atoms with Crippen LogP contribution in [0, 0.1) is 0 Å². The largest absolute Gasteiger partial charge is 0.484 e. The molecule has 8 nitrogen and oxygen atoms in total. The number of alkyl halides is 6. The van der Waals surface area contributed by atoms with Gasteiger partial charge in [0.15, 0.2) is 22.1 Å². The van der Waals surface area contributed by atoms with Gasteiger partial charge in [0.1, 0.15) is 17.1 Å². The van der Waals surface area contributed by atoms with Crippen molar-refractivity contribution in [2.24, 2.45) is 0 Å². The predicted octanol–water partition coefficient (Wildman–Crippen LogP) is 4.88. The summed E-state index contributed by atoms with van der Waals surface area (Å²) in [4.78, 5) is 12.7. The van der Waals surface area contributed by atoms with Crippen molar-refractivity contribution in [1.29, 1.82) is 0 Å². The Morgan fingerprint density at radius 2 is 1.58 bits per heavy atom. The smallest absolute Gasteiger partial charge is 0.435 e. The number of rotatable bonds is 7. The van der Waals surface area contributed by atoms with E-state index in [0.717, 1.165) is 36.6 Å². The van der Waals surface area contributed by atoms with Crippen LogP contribution in [0.1, 0.15) is 16.1 Å². The summed E-state index contributed by atoms with van der Waals surface area (Å²) in [5, 5.41) is 8.60. The molecule has 0 radical (unpaired) electrons. The van der Waals surface area contributed by atoms with E-state index in [4.69, 9.17) is 4.74 Å². The number of benzene rings is 2. The van der Waals surface area contributed by atoms with E-state index in [-0.39, 0.29) is 22.1 Å². The lowest BCUT2D eigenvalue weighted by molar-refractivity contribution is -0.153. The van der Waals surface area contributed by atoms with Gasteiger partial charge < -0.3 is 14.8 Å². The molecule has 36 heavy (non-hydrogen) atoms. The maximum Gasteiger partial charge on any atom is 0.435 e. The number of halogens is 6. The van der Waals surface area contributed by atoms with Crippen LogP contribution >= 0.6 is 0 Å². The lowest BCUT2D eigenvalue weighted by Crippen LogP contribution is -2.19. The molecule has 0 aliphatic heterocycles. The van der Waals surface area contributed by atoms with Crippen molar-refractivity contribution in [3.8, 4) is 17.4 Å². The third-order valence-electron chi connectivity index (χ3n) is 4.26. The summed E-state index contributed by atoms with van der Waals surface area (Å²) in [7, 11) is -3.64. The Morgan fingerprint density at radius 3 is 2.17 bits per heavy atom. The lowest BCUT2D eigenvalue weighted by Gasteiger charge is -2.13. The standard InChI is InChI=1S/C21H15F6N3O5S/c1-36(32,33)15-4-2-3-12(9-15)28-18(31)16-10-17(21(25,26)27)29-30-19(16)35-14-7-5-13(6-8-14)34-11-20(22,23)24/h2-10H,11H2,1H3,(H,28,31). The molecule has 0 saturated heterocycles. The number of ether oxygens (including phenoxy) is 2. The Labute approximate surface area is 199 Å². The molecule has 0 saturated carbocycles. The molecule has 0 unspecified atom stereocenters. The summed E-state index contributed by atoms with van der Waals surface area (Å²) in [6, 6.07) is 9.88. The topological polar surface area (TPSA) is 107 Å². The Morgan fingerprint density at radius 1 is 0.944 bits per heavy atom. The molecule has 1 N–H and O–H groups in total. The molecule has 0 spiro atoms. The van der Waals surface area contributed by atoms with Gasteiger partial charge in [-0.3, -0.25) is 4.79 Å². The van der Waals surface area contributed by atoms with Gasteiger partial charge in [0.05, 0.1) is 4.90 Å². The van der Waals surface area contributed by atoms with E-state index in [2.05, 4.69) is 20.3 Å². The molecule has 0 bridgehead atoms. The van der Waals surface area contributed by atoms with Crippen LogP contribution in [0.2, 0.25) is 0 Å². The first-order valence-corrected chi connectivity index (χ1v) is 11.5. The van der Waals surface area contributed by atoms with Crippen molar-refractivity contribution in [1.82, 2.24) is 10.2 Å². The second-order valence-electron chi connectivity index (χ2n) is 7.18. The first-order chi connectivity index (χ1) is 16.6. The minimum atomic E-state index is -4.95. The van der Waals surface area contributed by atoms with Gasteiger partial charge in [0, 0.05) is 11.9 Å². The number of sulfone groups is 1. The molecule has 1 heterocycles. The zero-order chi connectivity index (χ0) is 26.7. The van der Waals surface area contributed by atoms with Crippen LogP contribution in [-0.4, -0.2) is 43.6 Å². The minimum Gasteiger partial charge on any atom is -0.484 e. The van der Waals surface area contributed by atoms with E-state index >= 15 is 0 Å². The third kappa shape index (κ3) is 7.31. The number of carbonyl (C=O) groups is 1. The highest BCUT2D eigenvalue weighted by Gasteiger charge is 2.35. The second kappa shape index (κ2) is 10.0. The summed E-state index contributed by atoms with van der Waals surface area (Å²) in [5.41, 5.74) is -2.23. The number of nitrogens with one attached hydrogen (secondary N) is 1. The monoisotopic (exact) mass is 535 g/mol. The van der Waals surface area contributed by atoms with Gasteiger partial charge in [0.25, 0.3) is 11.8 Å². The average molecular weight is 535 g/mol. The van der Waals surface area contributed by atoms with Crippen LogP contribution in [0.4, 0.5) is 32.0 Å². The molecule has 0 atom stereocenters. The van der Waals surface area contributed by atoms with E-state index < -0.39 is 51.8 Å². The second-order valence-corrected chi connectivity index (χ2v) is 9.19. The fourth-order valence-electron chi connectivity index (χ4n) is 2.64. The Balaban J connectivity index is 1.89. The molecule has 3 aromatic rings. The third-order valence-corrected chi connectivity index (χ3v) is 5.37. The maximum absolute atomic E-state index is 13.2. The molecule has 192 valence electrons. The van der Waals surface area contributed by atoms with Crippen LogP contribution in [-0.2, 0) is 16.0 Å². The van der Waals surface area contributed by atoms with E-state index in [0.29, 0.717) is 6.07 Å². The van der Waals surface area contributed by atoms with Gasteiger partial charge in [-0.25, -0.2) is 8.42 Å². The van der Waals surface area contributed by atoms with Crippen LogP contribution in [0.15, 0.2) is 59.5 Å². The average Bonchev–Trinajstić information content (AvgIpc) is 2.77. The predicted molar refractivity (Wildman–Crippen MR) is 113 cm³/mol. The molecule has 0 fully saturated rings. The summed E-state index contributed by atoms with van der Waals surface area (Å²) in [5.74, 6) is -2.04. The molecule has 1 aromatic heterocycles. The van der Waals surface area contributed by atoms with Crippen molar-refractivity contribution in [3.63, 3.8) is 0 Å². The lowest BCUT2D eigenvalue weighted by atomic mass is 10.2. The molecule has 1 amide bonds. The minimum absolute atomic E-state index is 0.0367. The fourth-order valence-corrected chi connectivity index (χ4v) is 3.31. The van der Waals surface area contributed by atoms with Crippen molar-refractivity contribution in [3.05, 3.63) is 65.9 Å². The molecule has 3 rings (SSSR count). The summed E-state index contributed by atoms with van der Waals surface area (Å²) in [6.45, 7) is -1.54. The van der Waals surface area contributed by atoms with E-state index in [1.54, 1.807) is 0 Å². The van der Waals surface area contributed by atoms with Gasteiger partial charge in [-0.15, -0.1) is 10.2 Å². The number of amides is 1. The number of carbonyl (C=O) groups excluding carboxylic acids is 1. The van der Waals surface area contributed by atoms with E-state index in [1.165, 1.54) is 18.2 Å². The highest BCUT2D eigenvalue weighted by Crippen LogP contribution is 2.32. The number of hydrogen-bond donors (Lipinski definition) is 1. The number of hydrogen-bond acceptors (Lipinski definition) is 7. The van der Waals surface area contributed by atoms with Crippen molar-refractivity contribution in [2.75, 3.05) is 18.2 Å². The van der Waals surface area contributed by atoms with Crippen LogP contribution in [0.3, 0.4) is 0 Å². The highest BCUT2D eigenvalue weighted by atomic mass is 32.2. The normalized spacial score (nSPS) is 12.2. The van der Waals surface area contributed by atoms with Crippen LogP contribution < -0.4 is 14.8 Å². The molecule has 0 aliphatic carbocycles. The van der Waals surface area contributed by atoms with Gasteiger partial charge in [-0.1, -0.05) is 6.07 Å².